The molecule has 14 heteroatoms. The number of ether oxygens (including phenoxy) is 4. The summed E-state index contributed by atoms with van der Waals surface area (Å²) in [5.74, 6) is -0.945. The third-order valence-corrected chi connectivity index (χ3v) is 15.2. The Morgan fingerprint density at radius 1 is 0.954 bits per heavy atom. The highest BCUT2D eigenvalue weighted by molar-refractivity contribution is 7.89. The van der Waals surface area contributed by atoms with Crippen molar-refractivity contribution in [1.29, 1.82) is 0 Å². The number of nitrogens with one attached hydrogen (secondary N) is 1. The number of unbranched alkanes of at least 4 members (excludes halogenated alkanes) is 2. The lowest BCUT2D eigenvalue weighted by Crippen LogP contribution is -2.69. The number of hydrogen-bond acceptors (Lipinski definition) is 11. The second-order valence-electron chi connectivity index (χ2n) is 17.5. The summed E-state index contributed by atoms with van der Waals surface area (Å²) < 4.78 is 58.1. The van der Waals surface area contributed by atoms with Crippen LogP contribution in [0.3, 0.4) is 0 Å². The van der Waals surface area contributed by atoms with Crippen LogP contribution in [0.25, 0.3) is 10.8 Å². The molecule has 2 aliphatic carbocycles. The van der Waals surface area contributed by atoms with Gasteiger partial charge in [-0.2, -0.15) is 4.31 Å². The molecule has 65 heavy (non-hydrogen) atoms. The molecule has 4 aromatic carbocycles. The van der Waals surface area contributed by atoms with Gasteiger partial charge in [0.25, 0.3) is 0 Å². The van der Waals surface area contributed by atoms with Crippen LogP contribution in [0.2, 0.25) is 0 Å². The molecule has 0 spiro atoms. The summed E-state index contributed by atoms with van der Waals surface area (Å²) in [4.78, 5) is 18.1. The number of amides is 1. The molecule has 2 heterocycles. The van der Waals surface area contributed by atoms with E-state index in [9.17, 15) is 23.4 Å². The van der Waals surface area contributed by atoms with Crippen LogP contribution >= 0.6 is 0 Å². The molecule has 1 unspecified atom stereocenters. The molecule has 1 saturated carbocycles. The molecule has 0 bridgehead atoms. The van der Waals surface area contributed by atoms with Crippen LogP contribution in [0.5, 0.6) is 17.2 Å². The van der Waals surface area contributed by atoms with Gasteiger partial charge in [-0.25, -0.2) is 8.42 Å². The zero-order valence-electron chi connectivity index (χ0n) is 37.3. The predicted octanol–water partition coefficient (Wildman–Crippen LogP) is 9.07. The number of anilines is 1. The van der Waals surface area contributed by atoms with Crippen molar-refractivity contribution < 1.29 is 47.2 Å². The van der Waals surface area contributed by atoms with Crippen molar-refractivity contribution >= 4 is 38.1 Å². The minimum Gasteiger partial charge on any atom is -0.460 e. The topological polar surface area (TPSA) is 165 Å². The smallest absolute Gasteiger partial charge is 0.243 e. The van der Waals surface area contributed by atoms with Crippen molar-refractivity contribution in [2.75, 3.05) is 38.8 Å². The molecular weight excluding hydrogens is 847 g/mol. The van der Waals surface area contributed by atoms with E-state index in [0.29, 0.717) is 54.5 Å². The van der Waals surface area contributed by atoms with Crippen molar-refractivity contribution in [1.82, 2.24) is 4.31 Å². The number of oxime groups is 1. The Hall–Kier alpha value is -5.09. The third-order valence-electron chi connectivity index (χ3n) is 13.3. The summed E-state index contributed by atoms with van der Waals surface area (Å²) in [5, 5.41) is 29.7. The maximum Gasteiger partial charge on any atom is 0.243 e. The monoisotopic (exact) mass is 907 g/mol. The van der Waals surface area contributed by atoms with Crippen LogP contribution in [0.15, 0.2) is 119 Å². The van der Waals surface area contributed by atoms with Gasteiger partial charge in [0, 0.05) is 57.2 Å². The predicted molar refractivity (Wildman–Crippen MR) is 249 cm³/mol. The molecule has 3 N–H and O–H groups in total. The zero-order chi connectivity index (χ0) is 45.6. The van der Waals surface area contributed by atoms with Crippen LogP contribution in [0, 0.1) is 17.8 Å². The van der Waals surface area contributed by atoms with E-state index in [0.717, 1.165) is 60.4 Å². The number of hydrogen-bond donors (Lipinski definition) is 3. The Bertz CT molecular complexity index is 2490. The number of benzene rings is 4. The van der Waals surface area contributed by atoms with Gasteiger partial charge in [-0.1, -0.05) is 60.5 Å². The summed E-state index contributed by atoms with van der Waals surface area (Å²) in [7, 11) is -2.70. The van der Waals surface area contributed by atoms with Gasteiger partial charge in [-0.05, 0) is 121 Å². The third kappa shape index (κ3) is 9.89. The highest BCUT2D eigenvalue weighted by atomic mass is 32.2. The van der Waals surface area contributed by atoms with E-state index in [1.165, 1.54) is 23.4 Å². The van der Waals surface area contributed by atoms with Crippen LogP contribution < -0.4 is 14.8 Å². The van der Waals surface area contributed by atoms with Gasteiger partial charge in [0.1, 0.15) is 17.2 Å². The minimum atomic E-state index is -4.25. The van der Waals surface area contributed by atoms with Gasteiger partial charge >= 0.3 is 0 Å². The van der Waals surface area contributed by atoms with E-state index >= 15 is 0 Å². The normalized spacial score (nSPS) is 25.6. The number of carbonyl (C=O) groups is 1. The lowest BCUT2D eigenvalue weighted by Gasteiger charge is -2.59. The van der Waals surface area contributed by atoms with E-state index in [4.69, 9.17) is 28.9 Å². The largest absolute Gasteiger partial charge is 0.460 e. The van der Waals surface area contributed by atoms with Gasteiger partial charge in [-0.15, -0.1) is 6.58 Å². The van der Waals surface area contributed by atoms with Gasteiger partial charge in [-0.3, -0.25) is 4.79 Å². The SMILES string of the molecule is C=CCO[C@@]12Oc3ccc(Oc4ccc5ccccc5c4)cc3[C@H]3[C@H](CCCCO)[C@@H](CCCCO)C=C(C(=NOC4CCCCO4)C[C@@H]1N(C)S(=O)(=O)c1ccc(NC(C)=O)cc1)[C@H]32. The summed E-state index contributed by atoms with van der Waals surface area (Å²) >= 11 is 0. The van der Waals surface area contributed by atoms with Crippen LogP contribution in [0.4, 0.5) is 5.69 Å². The van der Waals surface area contributed by atoms with Gasteiger partial charge in [0.05, 0.1) is 35.8 Å². The lowest BCUT2D eigenvalue weighted by molar-refractivity contribution is -0.250. The summed E-state index contributed by atoms with van der Waals surface area (Å²) in [6.07, 6.45) is 10.3. The zero-order valence-corrected chi connectivity index (χ0v) is 38.1. The van der Waals surface area contributed by atoms with E-state index in [1.807, 2.05) is 48.5 Å². The maximum atomic E-state index is 14.9. The molecule has 4 aliphatic rings. The highest BCUT2D eigenvalue weighted by Crippen LogP contribution is 2.62. The standard InChI is InChI=1S/C51H61N3O10S/c1-4-28-61-51-47(54(3)65(58,59)41-23-19-38(20-24-41)52-34(2)57)33-45(53-64-48-17-9-12-29-60-48)43-31-37(15-7-10-26-55)42(16-8-11-27-56)49(50(43)51)44-32-40(22-25-46(44)63-51)62-39-21-18-35-13-5-6-14-36(35)30-39/h4-6,13-14,18-25,30-32,37,42,47-50,55-56H,1,7-12,15-17,26-29,33H2,2-3H3,(H,52,57)/t37-,42+,47-,48?,49+,50+,51+/m0/s1. The van der Waals surface area contributed by atoms with Crippen molar-refractivity contribution in [3.63, 3.8) is 0 Å². The Labute approximate surface area is 382 Å². The first-order chi connectivity index (χ1) is 31.6. The molecule has 13 nitrogen and oxygen atoms in total. The van der Waals surface area contributed by atoms with Gasteiger partial charge in [0.2, 0.25) is 28.0 Å². The van der Waals surface area contributed by atoms with Crippen LogP contribution in [-0.2, 0) is 29.1 Å². The minimum absolute atomic E-state index is 0.0147. The summed E-state index contributed by atoms with van der Waals surface area (Å²) in [6, 6.07) is 25.0. The molecule has 1 saturated heterocycles. The Balaban J connectivity index is 1.30. The molecule has 1 amide bonds. The Morgan fingerprint density at radius 3 is 2.42 bits per heavy atom. The van der Waals surface area contributed by atoms with Crippen molar-refractivity contribution in [2.24, 2.45) is 22.9 Å². The van der Waals surface area contributed by atoms with Gasteiger partial charge < -0.3 is 39.3 Å². The second kappa shape index (κ2) is 20.6. The van der Waals surface area contributed by atoms with Crippen LogP contribution in [0.1, 0.15) is 82.6 Å². The second-order valence-corrected chi connectivity index (χ2v) is 19.5. The van der Waals surface area contributed by atoms with E-state index in [-0.39, 0.29) is 54.8 Å². The van der Waals surface area contributed by atoms with E-state index in [2.05, 4.69) is 30.1 Å². The summed E-state index contributed by atoms with van der Waals surface area (Å²) in [5.41, 5.74) is 2.80. The summed E-state index contributed by atoms with van der Waals surface area (Å²) in [6.45, 7) is 6.14. The molecule has 2 aliphatic heterocycles. The fourth-order valence-electron chi connectivity index (χ4n) is 10.3. The fourth-order valence-corrected chi connectivity index (χ4v) is 11.7. The number of likely N-dealkylation sites (N-methyl/N-ethyl adjacent to an activating group) is 1. The van der Waals surface area contributed by atoms with Crippen molar-refractivity contribution in [3.8, 4) is 17.2 Å². The quantitative estimate of drug-likeness (QED) is 0.0470. The van der Waals surface area contributed by atoms with Gasteiger partial charge in [0.15, 0.2) is 0 Å². The molecule has 0 radical (unpaired) electrons. The number of nitrogens with zero attached hydrogens (tertiary/aromatic N) is 2. The molecule has 346 valence electrons. The first-order valence-electron chi connectivity index (χ1n) is 22.9. The van der Waals surface area contributed by atoms with Crippen LogP contribution in [-0.4, -0.2) is 86.1 Å². The van der Waals surface area contributed by atoms with Crippen molar-refractivity contribution in [3.05, 3.63) is 115 Å². The van der Waals surface area contributed by atoms with Crippen molar-refractivity contribution in [2.45, 2.75) is 100 Å². The average Bonchev–Trinajstić information content (AvgIpc) is 3.31. The molecule has 0 aromatic heterocycles. The number of aliphatic hydroxyl groups excluding tert-OH is 2. The molecule has 2 fully saturated rings. The Kier molecular flexibility index (Phi) is 14.7. The number of fused-ring (bicyclic) bond motifs is 3. The van der Waals surface area contributed by atoms with E-state index in [1.54, 1.807) is 25.3 Å². The maximum absolute atomic E-state index is 14.9. The molecule has 7 atom stereocenters. The first-order valence-corrected chi connectivity index (χ1v) is 24.4. The highest BCUT2D eigenvalue weighted by Gasteiger charge is 2.65. The Morgan fingerprint density at radius 2 is 1.69 bits per heavy atom. The number of aliphatic hydroxyl groups is 2. The lowest BCUT2D eigenvalue weighted by atomic mass is 9.55. The molecular formula is C51H61N3O10S. The molecule has 4 aromatic rings. The number of allylic oxidation sites excluding steroid dienone is 1. The number of sulfonamides is 1. The first kappa shape index (κ1) is 46.4. The van der Waals surface area contributed by atoms with E-state index < -0.39 is 34.1 Å². The fraction of sp³-hybridized carbons (Fsp3) is 0.451. The molecule has 8 rings (SSSR count). The number of carbonyl (C=O) groups excluding carboxylic acids is 1. The number of rotatable bonds is 19. The average molecular weight is 908 g/mol.